The quantitative estimate of drug-likeness (QED) is 0.759. The van der Waals surface area contributed by atoms with Crippen molar-refractivity contribution < 1.29 is 8.42 Å². The lowest BCUT2D eigenvalue weighted by Crippen LogP contribution is -2.10. The highest BCUT2D eigenvalue weighted by Crippen LogP contribution is 2.19. The fourth-order valence-electron chi connectivity index (χ4n) is 1.64. The molecule has 96 valence electrons. The van der Waals surface area contributed by atoms with Crippen LogP contribution in [0.3, 0.4) is 0 Å². The number of rotatable bonds is 5. The van der Waals surface area contributed by atoms with Crippen molar-refractivity contribution >= 4 is 9.84 Å². The van der Waals surface area contributed by atoms with E-state index in [4.69, 9.17) is 0 Å². The molecule has 0 aromatic carbocycles. The molecule has 0 aliphatic heterocycles. The molecule has 0 unspecified atom stereocenters. The molecular formula is C12H20N2O2S. The van der Waals surface area contributed by atoms with E-state index in [1.54, 1.807) is 6.20 Å². The topological polar surface area (TPSA) is 59.9 Å². The third kappa shape index (κ3) is 3.77. The number of nitrogens with zero attached hydrogens (tertiary/aromatic N) is 2. The summed E-state index contributed by atoms with van der Waals surface area (Å²) in [7, 11) is -3.32. The van der Waals surface area contributed by atoms with Gasteiger partial charge in [0.05, 0.1) is 5.69 Å². The van der Waals surface area contributed by atoms with Gasteiger partial charge in [0.15, 0.2) is 0 Å². The first-order valence-corrected chi connectivity index (χ1v) is 7.81. The van der Waals surface area contributed by atoms with E-state index in [0.717, 1.165) is 36.8 Å². The predicted octanol–water partition coefficient (Wildman–Crippen LogP) is 2.35. The smallest absolute Gasteiger partial charge is 0.227 e. The first-order chi connectivity index (χ1) is 7.86. The second-order valence-electron chi connectivity index (χ2n) is 4.59. The van der Waals surface area contributed by atoms with Crippen molar-refractivity contribution in [2.45, 2.75) is 51.1 Å². The van der Waals surface area contributed by atoms with Gasteiger partial charge in [-0.3, -0.25) is 0 Å². The minimum Gasteiger partial charge on any atom is -0.227 e. The van der Waals surface area contributed by atoms with Crippen LogP contribution in [-0.4, -0.2) is 24.6 Å². The minimum absolute atomic E-state index is 0.0681. The number of sulfone groups is 1. The number of hydrogen-bond donors (Lipinski definition) is 0. The predicted molar refractivity (Wildman–Crippen MR) is 67.8 cm³/mol. The van der Waals surface area contributed by atoms with Crippen molar-refractivity contribution in [3.63, 3.8) is 0 Å². The van der Waals surface area contributed by atoms with Gasteiger partial charge in [0, 0.05) is 12.5 Å². The first-order valence-electron chi connectivity index (χ1n) is 5.92. The van der Waals surface area contributed by atoms with Crippen LogP contribution in [-0.2, 0) is 16.3 Å². The molecule has 0 amide bonds. The Labute approximate surface area is 103 Å². The number of unbranched alkanes of at least 4 members (excludes halogenated alkanes) is 1. The van der Waals surface area contributed by atoms with Gasteiger partial charge in [0.2, 0.25) is 15.0 Å². The summed E-state index contributed by atoms with van der Waals surface area (Å²) < 4.78 is 22.8. The second kappa shape index (κ2) is 5.58. The van der Waals surface area contributed by atoms with Crippen LogP contribution in [0.5, 0.6) is 0 Å². The fraction of sp³-hybridized carbons (Fsp3) is 0.667. The Balaban J connectivity index is 3.18. The van der Waals surface area contributed by atoms with Crippen molar-refractivity contribution in [1.29, 1.82) is 0 Å². The molecule has 1 aromatic rings. The zero-order valence-electron chi connectivity index (χ0n) is 10.9. The molecule has 0 fully saturated rings. The summed E-state index contributed by atoms with van der Waals surface area (Å²) in [4.78, 5) is 8.14. The summed E-state index contributed by atoms with van der Waals surface area (Å²) in [6.45, 7) is 6.16. The molecule has 1 heterocycles. The standard InChI is InChI=1S/C12H20N2O2S/c1-5-6-7-10-8-13-12(17(4,15)16)14-11(10)9(2)3/h8-9H,5-7H2,1-4H3. The van der Waals surface area contributed by atoms with Gasteiger partial charge in [-0.05, 0) is 24.3 Å². The molecule has 0 radical (unpaired) electrons. The van der Waals surface area contributed by atoms with Gasteiger partial charge in [0.1, 0.15) is 0 Å². The fourth-order valence-corrected chi connectivity index (χ4v) is 2.15. The lowest BCUT2D eigenvalue weighted by atomic mass is 10.0. The van der Waals surface area contributed by atoms with E-state index in [9.17, 15) is 8.42 Å². The molecule has 17 heavy (non-hydrogen) atoms. The van der Waals surface area contributed by atoms with Crippen LogP contribution >= 0.6 is 0 Å². The van der Waals surface area contributed by atoms with Crippen molar-refractivity contribution in [3.05, 3.63) is 17.5 Å². The van der Waals surface area contributed by atoms with Crippen LogP contribution in [0.15, 0.2) is 11.4 Å². The van der Waals surface area contributed by atoms with Gasteiger partial charge in [-0.15, -0.1) is 0 Å². The molecule has 0 N–H and O–H groups in total. The zero-order valence-corrected chi connectivity index (χ0v) is 11.7. The zero-order chi connectivity index (χ0) is 13.1. The largest absolute Gasteiger partial charge is 0.247 e. The van der Waals surface area contributed by atoms with Crippen molar-refractivity contribution in [2.24, 2.45) is 0 Å². The first kappa shape index (κ1) is 14.1. The van der Waals surface area contributed by atoms with E-state index in [1.165, 1.54) is 0 Å². The average molecular weight is 256 g/mol. The van der Waals surface area contributed by atoms with Gasteiger partial charge >= 0.3 is 0 Å². The Morgan fingerprint density at radius 3 is 2.47 bits per heavy atom. The molecule has 0 saturated carbocycles. The van der Waals surface area contributed by atoms with Crippen LogP contribution in [0.25, 0.3) is 0 Å². The summed E-state index contributed by atoms with van der Waals surface area (Å²) >= 11 is 0. The number of aryl methyl sites for hydroxylation is 1. The van der Waals surface area contributed by atoms with Gasteiger partial charge in [-0.1, -0.05) is 27.2 Å². The van der Waals surface area contributed by atoms with Crippen molar-refractivity contribution in [3.8, 4) is 0 Å². The molecule has 1 rings (SSSR count). The second-order valence-corrected chi connectivity index (χ2v) is 6.50. The van der Waals surface area contributed by atoms with Gasteiger partial charge < -0.3 is 0 Å². The van der Waals surface area contributed by atoms with Crippen molar-refractivity contribution in [1.82, 2.24) is 9.97 Å². The van der Waals surface area contributed by atoms with Gasteiger partial charge in [-0.2, -0.15) is 0 Å². The number of hydrogen-bond acceptors (Lipinski definition) is 4. The maximum atomic E-state index is 11.4. The molecule has 1 aromatic heterocycles. The molecular weight excluding hydrogens is 236 g/mol. The summed E-state index contributed by atoms with van der Waals surface area (Å²) in [5.41, 5.74) is 1.92. The van der Waals surface area contributed by atoms with E-state index < -0.39 is 9.84 Å². The molecule has 4 nitrogen and oxygen atoms in total. The van der Waals surface area contributed by atoms with E-state index in [1.807, 2.05) is 13.8 Å². The van der Waals surface area contributed by atoms with Crippen LogP contribution in [0.1, 0.15) is 50.8 Å². The highest BCUT2D eigenvalue weighted by Gasteiger charge is 2.16. The number of aromatic nitrogens is 2. The Hall–Kier alpha value is -0.970. The van der Waals surface area contributed by atoms with Crippen LogP contribution < -0.4 is 0 Å². The Morgan fingerprint density at radius 1 is 1.35 bits per heavy atom. The third-order valence-electron chi connectivity index (χ3n) is 2.55. The summed E-state index contributed by atoms with van der Waals surface area (Å²) in [6.07, 6.45) is 5.88. The van der Waals surface area contributed by atoms with Crippen LogP contribution in [0, 0.1) is 0 Å². The third-order valence-corrected chi connectivity index (χ3v) is 3.41. The maximum Gasteiger partial charge on any atom is 0.247 e. The molecule has 0 spiro atoms. The highest BCUT2D eigenvalue weighted by molar-refractivity contribution is 7.90. The van der Waals surface area contributed by atoms with Gasteiger partial charge in [0.25, 0.3) is 0 Å². The monoisotopic (exact) mass is 256 g/mol. The lowest BCUT2D eigenvalue weighted by molar-refractivity contribution is 0.589. The Bertz CT molecular complexity index is 481. The summed E-state index contributed by atoms with van der Waals surface area (Å²) in [5, 5.41) is -0.0681. The normalized spacial score (nSPS) is 12.1. The van der Waals surface area contributed by atoms with Crippen molar-refractivity contribution in [2.75, 3.05) is 6.26 Å². The SMILES string of the molecule is CCCCc1cnc(S(C)(=O)=O)nc1C(C)C. The molecule has 0 aliphatic carbocycles. The molecule has 0 aliphatic rings. The molecule has 0 atom stereocenters. The van der Waals surface area contributed by atoms with E-state index in [-0.39, 0.29) is 11.1 Å². The van der Waals surface area contributed by atoms with Crippen LogP contribution in [0.4, 0.5) is 0 Å². The van der Waals surface area contributed by atoms with E-state index >= 15 is 0 Å². The Morgan fingerprint density at radius 2 is 2.00 bits per heavy atom. The van der Waals surface area contributed by atoms with Gasteiger partial charge in [-0.25, -0.2) is 18.4 Å². The van der Waals surface area contributed by atoms with E-state index in [0.29, 0.717) is 0 Å². The summed E-state index contributed by atoms with van der Waals surface area (Å²) in [5.74, 6) is 0.213. The lowest BCUT2D eigenvalue weighted by Gasteiger charge is -2.11. The average Bonchev–Trinajstić information content (AvgIpc) is 2.24. The summed E-state index contributed by atoms with van der Waals surface area (Å²) in [6, 6.07) is 0. The van der Waals surface area contributed by atoms with Crippen LogP contribution in [0.2, 0.25) is 0 Å². The molecule has 0 bridgehead atoms. The maximum absolute atomic E-state index is 11.4. The Kier molecular flexibility index (Phi) is 4.62. The van der Waals surface area contributed by atoms with E-state index in [2.05, 4.69) is 16.9 Å². The molecule has 0 saturated heterocycles. The minimum atomic E-state index is -3.32. The highest BCUT2D eigenvalue weighted by atomic mass is 32.2. The molecule has 5 heteroatoms.